The number of nitrogens with one attached hydrogen (secondary N) is 1. The second-order valence-electron chi connectivity index (χ2n) is 5.05. The van der Waals surface area contributed by atoms with E-state index in [4.69, 9.17) is 10.5 Å². The first-order valence-electron chi connectivity index (χ1n) is 6.39. The van der Waals surface area contributed by atoms with Crippen molar-refractivity contribution in [2.45, 2.75) is 50.6 Å². The smallest absolute Gasteiger partial charge is 0.223 e. The van der Waals surface area contributed by atoms with E-state index in [1.54, 1.807) is 0 Å². The molecule has 2 aliphatic rings. The van der Waals surface area contributed by atoms with Crippen molar-refractivity contribution in [2.24, 2.45) is 11.7 Å². The van der Waals surface area contributed by atoms with E-state index in [0.29, 0.717) is 6.61 Å². The third kappa shape index (κ3) is 4.45. The first-order chi connectivity index (χ1) is 7.75. The molecule has 5 heteroatoms. The molecule has 3 unspecified atom stereocenters. The second-order valence-corrected chi connectivity index (χ2v) is 5.05. The molecule has 2 fully saturated rings. The highest BCUT2D eigenvalue weighted by Crippen LogP contribution is 2.23. The molecule has 1 aliphatic carbocycles. The van der Waals surface area contributed by atoms with Crippen molar-refractivity contribution in [1.82, 2.24) is 5.32 Å². The van der Waals surface area contributed by atoms with Crippen LogP contribution in [-0.2, 0) is 9.53 Å². The van der Waals surface area contributed by atoms with E-state index < -0.39 is 0 Å². The maximum Gasteiger partial charge on any atom is 0.223 e. The Morgan fingerprint density at radius 3 is 2.71 bits per heavy atom. The van der Waals surface area contributed by atoms with Gasteiger partial charge in [0.1, 0.15) is 0 Å². The molecule has 1 heterocycles. The molecule has 3 atom stereocenters. The normalized spacial score (nSPS) is 33.6. The van der Waals surface area contributed by atoms with Crippen molar-refractivity contribution in [3.63, 3.8) is 0 Å². The summed E-state index contributed by atoms with van der Waals surface area (Å²) in [5.74, 6) is 0.316. The van der Waals surface area contributed by atoms with Gasteiger partial charge in [0.05, 0.1) is 12.6 Å². The number of nitrogens with two attached hydrogens (primary N) is 1. The van der Waals surface area contributed by atoms with Gasteiger partial charge in [-0.3, -0.25) is 4.79 Å². The van der Waals surface area contributed by atoms with Crippen molar-refractivity contribution in [1.29, 1.82) is 0 Å². The fraction of sp³-hybridized carbons (Fsp3) is 0.917. The van der Waals surface area contributed by atoms with Crippen LogP contribution in [0.15, 0.2) is 0 Å². The van der Waals surface area contributed by atoms with Crippen molar-refractivity contribution >= 4 is 18.3 Å². The minimum atomic E-state index is 0. The number of carbonyl (C=O) groups is 1. The van der Waals surface area contributed by atoms with E-state index in [9.17, 15) is 4.79 Å². The van der Waals surface area contributed by atoms with E-state index in [1.807, 2.05) is 0 Å². The lowest BCUT2D eigenvalue weighted by Gasteiger charge is -2.29. The summed E-state index contributed by atoms with van der Waals surface area (Å²) in [6, 6.07) is 0.437. The minimum Gasteiger partial charge on any atom is -0.379 e. The summed E-state index contributed by atoms with van der Waals surface area (Å²) in [7, 11) is 0. The molecule has 0 radical (unpaired) electrons. The molecule has 0 aromatic rings. The van der Waals surface area contributed by atoms with Gasteiger partial charge in [0, 0.05) is 18.6 Å². The van der Waals surface area contributed by atoms with Crippen LogP contribution >= 0.6 is 12.4 Å². The molecular formula is C12H23ClN2O2. The lowest BCUT2D eigenvalue weighted by molar-refractivity contribution is -0.127. The van der Waals surface area contributed by atoms with Gasteiger partial charge in [-0.2, -0.15) is 0 Å². The zero-order chi connectivity index (χ0) is 11.4. The maximum absolute atomic E-state index is 12.0. The third-order valence-electron chi connectivity index (χ3n) is 3.59. The molecule has 0 aromatic heterocycles. The van der Waals surface area contributed by atoms with Crippen molar-refractivity contribution in [3.8, 4) is 0 Å². The van der Waals surface area contributed by atoms with Gasteiger partial charge in [-0.05, 0) is 32.1 Å². The zero-order valence-electron chi connectivity index (χ0n) is 10.2. The second kappa shape index (κ2) is 7.19. The average Bonchev–Trinajstić information content (AvgIpc) is 2.30. The Morgan fingerprint density at radius 2 is 2.06 bits per heavy atom. The van der Waals surface area contributed by atoms with Crippen molar-refractivity contribution in [2.75, 3.05) is 13.2 Å². The van der Waals surface area contributed by atoms with Gasteiger partial charge >= 0.3 is 0 Å². The Hall–Kier alpha value is -0.320. The molecule has 4 nitrogen and oxygen atoms in total. The maximum atomic E-state index is 12.0. The quantitative estimate of drug-likeness (QED) is 0.787. The summed E-state index contributed by atoms with van der Waals surface area (Å²) in [6.07, 6.45) is 6.09. The fourth-order valence-electron chi connectivity index (χ4n) is 2.64. The van der Waals surface area contributed by atoms with E-state index in [1.165, 1.54) is 0 Å². The summed E-state index contributed by atoms with van der Waals surface area (Å²) in [5.41, 5.74) is 5.89. The van der Waals surface area contributed by atoms with Crippen LogP contribution in [0.5, 0.6) is 0 Å². The highest BCUT2D eigenvalue weighted by molar-refractivity contribution is 5.85. The summed E-state index contributed by atoms with van der Waals surface area (Å²) < 4.78 is 5.35. The minimum absolute atomic E-state index is 0. The topological polar surface area (TPSA) is 64.4 Å². The molecule has 1 aliphatic heterocycles. The van der Waals surface area contributed by atoms with E-state index >= 15 is 0 Å². The summed E-state index contributed by atoms with van der Waals surface area (Å²) >= 11 is 0. The van der Waals surface area contributed by atoms with Crippen LogP contribution in [0.3, 0.4) is 0 Å². The Kier molecular flexibility index (Phi) is 6.23. The Bertz CT molecular complexity index is 245. The van der Waals surface area contributed by atoms with Gasteiger partial charge in [-0.25, -0.2) is 0 Å². The SMILES string of the molecule is Cl.NC1CCCC(C(=O)NC2CCCOC2)C1. The fourth-order valence-corrected chi connectivity index (χ4v) is 2.64. The van der Waals surface area contributed by atoms with E-state index in [0.717, 1.165) is 45.1 Å². The zero-order valence-corrected chi connectivity index (χ0v) is 11.0. The van der Waals surface area contributed by atoms with Crippen LogP contribution in [0.2, 0.25) is 0 Å². The summed E-state index contributed by atoms with van der Waals surface area (Å²) in [5, 5.41) is 3.09. The molecule has 17 heavy (non-hydrogen) atoms. The van der Waals surface area contributed by atoms with Crippen molar-refractivity contribution in [3.05, 3.63) is 0 Å². The average molecular weight is 263 g/mol. The predicted molar refractivity (Wildman–Crippen MR) is 69.2 cm³/mol. The predicted octanol–water partition coefficient (Wildman–Crippen LogP) is 1.22. The molecular weight excluding hydrogens is 240 g/mol. The van der Waals surface area contributed by atoms with Gasteiger partial charge in [-0.1, -0.05) is 6.42 Å². The number of hydrogen-bond acceptors (Lipinski definition) is 3. The lowest BCUT2D eigenvalue weighted by atomic mass is 9.85. The molecule has 0 bridgehead atoms. The highest BCUT2D eigenvalue weighted by Gasteiger charge is 2.27. The Morgan fingerprint density at radius 1 is 1.24 bits per heavy atom. The molecule has 1 saturated carbocycles. The van der Waals surface area contributed by atoms with Crippen LogP contribution < -0.4 is 11.1 Å². The van der Waals surface area contributed by atoms with Crippen LogP contribution in [0, 0.1) is 5.92 Å². The van der Waals surface area contributed by atoms with Gasteiger partial charge in [0.15, 0.2) is 0 Å². The number of ether oxygens (including phenoxy) is 1. The van der Waals surface area contributed by atoms with Crippen molar-refractivity contribution < 1.29 is 9.53 Å². The number of halogens is 1. The van der Waals surface area contributed by atoms with Gasteiger partial charge < -0.3 is 15.8 Å². The molecule has 1 amide bonds. The van der Waals surface area contributed by atoms with Gasteiger partial charge in [-0.15, -0.1) is 12.4 Å². The number of hydrogen-bond donors (Lipinski definition) is 2. The number of carbonyl (C=O) groups excluding carboxylic acids is 1. The molecule has 3 N–H and O–H groups in total. The van der Waals surface area contributed by atoms with Crippen LogP contribution in [0.4, 0.5) is 0 Å². The Balaban J connectivity index is 0.00000144. The molecule has 0 aromatic carbocycles. The van der Waals surface area contributed by atoms with Gasteiger partial charge in [0.25, 0.3) is 0 Å². The lowest BCUT2D eigenvalue weighted by Crippen LogP contribution is -2.45. The Labute approximate surface area is 109 Å². The first kappa shape index (κ1) is 14.7. The number of rotatable bonds is 2. The standard InChI is InChI=1S/C12H22N2O2.ClH/c13-10-4-1-3-9(7-10)12(15)14-11-5-2-6-16-8-11;/h9-11H,1-8,13H2,(H,14,15);1H. The van der Waals surface area contributed by atoms with Gasteiger partial charge in [0.2, 0.25) is 5.91 Å². The molecule has 100 valence electrons. The largest absolute Gasteiger partial charge is 0.379 e. The van der Waals surface area contributed by atoms with Crippen LogP contribution in [0.1, 0.15) is 38.5 Å². The summed E-state index contributed by atoms with van der Waals surface area (Å²) in [4.78, 5) is 12.0. The van der Waals surface area contributed by atoms with Crippen LogP contribution in [-0.4, -0.2) is 31.2 Å². The molecule has 0 spiro atoms. The van der Waals surface area contributed by atoms with E-state index in [-0.39, 0.29) is 36.3 Å². The number of amides is 1. The molecule has 1 saturated heterocycles. The first-order valence-corrected chi connectivity index (χ1v) is 6.39. The van der Waals surface area contributed by atoms with E-state index in [2.05, 4.69) is 5.32 Å². The third-order valence-corrected chi connectivity index (χ3v) is 3.59. The van der Waals surface area contributed by atoms with Crippen LogP contribution in [0.25, 0.3) is 0 Å². The summed E-state index contributed by atoms with van der Waals surface area (Å²) in [6.45, 7) is 1.51. The monoisotopic (exact) mass is 262 g/mol. The highest BCUT2D eigenvalue weighted by atomic mass is 35.5. The molecule has 2 rings (SSSR count).